The number of nitrogens with one attached hydrogen (secondary N) is 1. The van der Waals surface area contributed by atoms with Crippen LogP contribution in [0.4, 0.5) is 16.2 Å². The molecule has 5 nitrogen and oxygen atoms in total. The van der Waals surface area contributed by atoms with Crippen molar-refractivity contribution in [2.24, 2.45) is 0 Å². The topological polar surface area (TPSA) is 67.6 Å². The number of hydrogen-bond donors (Lipinski definition) is 2. The van der Waals surface area contributed by atoms with E-state index in [2.05, 4.69) is 5.32 Å². The normalized spacial score (nSPS) is 15.6. The third-order valence-corrected chi connectivity index (χ3v) is 3.15. The third-order valence-electron chi connectivity index (χ3n) is 3.15. The highest BCUT2D eigenvalue weighted by Crippen LogP contribution is 2.22. The van der Waals surface area contributed by atoms with Crippen molar-refractivity contribution in [3.8, 4) is 0 Å². The molecule has 1 aliphatic rings. The molecule has 18 heavy (non-hydrogen) atoms. The molecule has 0 aromatic heterocycles. The molecular weight excluding hydrogens is 230 g/mol. The molecule has 1 aromatic carbocycles. The van der Waals surface area contributed by atoms with Gasteiger partial charge in [-0.1, -0.05) is 0 Å². The molecule has 1 aromatic rings. The number of urea groups is 1. The van der Waals surface area contributed by atoms with Gasteiger partial charge >= 0.3 is 6.03 Å². The largest absolute Gasteiger partial charge is 0.399 e. The Bertz CT molecular complexity index is 454. The number of anilines is 2. The molecule has 0 unspecified atom stereocenters. The van der Waals surface area contributed by atoms with Crippen LogP contribution in [0.3, 0.4) is 0 Å². The lowest BCUT2D eigenvalue weighted by Crippen LogP contribution is -2.43. The van der Waals surface area contributed by atoms with Crippen LogP contribution in [-0.4, -0.2) is 37.2 Å². The van der Waals surface area contributed by atoms with Crippen molar-refractivity contribution < 1.29 is 9.53 Å². The Morgan fingerprint density at radius 3 is 2.61 bits per heavy atom. The van der Waals surface area contributed by atoms with Gasteiger partial charge in [-0.05, 0) is 37.1 Å². The van der Waals surface area contributed by atoms with E-state index in [1.165, 1.54) is 0 Å². The molecule has 3 N–H and O–H groups in total. The second-order valence-electron chi connectivity index (χ2n) is 4.55. The maximum atomic E-state index is 12.0. The minimum Gasteiger partial charge on any atom is -0.399 e. The van der Waals surface area contributed by atoms with E-state index in [9.17, 15) is 4.79 Å². The Labute approximate surface area is 107 Å². The fourth-order valence-electron chi connectivity index (χ4n) is 1.93. The van der Waals surface area contributed by atoms with Crippen molar-refractivity contribution in [3.63, 3.8) is 0 Å². The lowest BCUT2D eigenvalue weighted by Gasteiger charge is -2.27. The highest BCUT2D eigenvalue weighted by atomic mass is 16.5. The second kappa shape index (κ2) is 5.27. The van der Waals surface area contributed by atoms with Crippen molar-refractivity contribution >= 4 is 17.4 Å². The van der Waals surface area contributed by atoms with Gasteiger partial charge in [0.1, 0.15) is 0 Å². The standard InChI is InChI=1S/C13H19N3O2/c1-9-8-12(10(2)7-11(9)14)15-13(17)16-3-5-18-6-4-16/h7-8H,3-6,14H2,1-2H3,(H,15,17). The van der Waals surface area contributed by atoms with Crippen molar-refractivity contribution in [3.05, 3.63) is 23.3 Å². The van der Waals surface area contributed by atoms with E-state index in [1.807, 2.05) is 26.0 Å². The zero-order valence-corrected chi connectivity index (χ0v) is 10.8. The number of morpholine rings is 1. The summed E-state index contributed by atoms with van der Waals surface area (Å²) in [5.74, 6) is 0. The maximum absolute atomic E-state index is 12.0. The summed E-state index contributed by atoms with van der Waals surface area (Å²) in [6.07, 6.45) is 0. The fraction of sp³-hybridized carbons (Fsp3) is 0.462. The number of nitrogen functional groups attached to an aromatic ring is 1. The summed E-state index contributed by atoms with van der Waals surface area (Å²) < 4.78 is 5.22. The number of nitrogens with two attached hydrogens (primary N) is 1. The minimum atomic E-state index is -0.0782. The van der Waals surface area contributed by atoms with E-state index in [1.54, 1.807) is 4.90 Å². The van der Waals surface area contributed by atoms with E-state index < -0.39 is 0 Å². The number of amides is 2. The molecule has 0 aliphatic carbocycles. The maximum Gasteiger partial charge on any atom is 0.322 e. The lowest BCUT2D eigenvalue weighted by atomic mass is 10.1. The van der Waals surface area contributed by atoms with Crippen LogP contribution in [0.25, 0.3) is 0 Å². The fourth-order valence-corrected chi connectivity index (χ4v) is 1.93. The summed E-state index contributed by atoms with van der Waals surface area (Å²) in [5, 5.41) is 2.92. The van der Waals surface area contributed by atoms with Gasteiger partial charge in [-0.15, -0.1) is 0 Å². The van der Waals surface area contributed by atoms with Crippen molar-refractivity contribution in [2.75, 3.05) is 37.4 Å². The Morgan fingerprint density at radius 1 is 1.28 bits per heavy atom. The monoisotopic (exact) mass is 249 g/mol. The first-order valence-corrected chi connectivity index (χ1v) is 6.08. The number of carbonyl (C=O) groups excluding carboxylic acids is 1. The van der Waals surface area contributed by atoms with E-state index in [-0.39, 0.29) is 6.03 Å². The van der Waals surface area contributed by atoms with Crippen molar-refractivity contribution in [1.82, 2.24) is 4.90 Å². The molecule has 1 heterocycles. The molecule has 0 atom stereocenters. The van der Waals surface area contributed by atoms with Gasteiger partial charge in [0, 0.05) is 24.5 Å². The average molecular weight is 249 g/mol. The van der Waals surface area contributed by atoms with Gasteiger partial charge in [0.2, 0.25) is 0 Å². The van der Waals surface area contributed by atoms with E-state index >= 15 is 0 Å². The first kappa shape index (κ1) is 12.7. The van der Waals surface area contributed by atoms with Crippen LogP contribution in [-0.2, 0) is 4.74 Å². The molecule has 0 saturated carbocycles. The Balaban J connectivity index is 2.08. The van der Waals surface area contributed by atoms with E-state index in [0.717, 1.165) is 22.5 Å². The van der Waals surface area contributed by atoms with Crippen LogP contribution in [0, 0.1) is 13.8 Å². The van der Waals surface area contributed by atoms with Crippen LogP contribution in [0.15, 0.2) is 12.1 Å². The first-order valence-electron chi connectivity index (χ1n) is 6.08. The van der Waals surface area contributed by atoms with Crippen LogP contribution in [0.5, 0.6) is 0 Å². The van der Waals surface area contributed by atoms with Gasteiger partial charge in [-0.3, -0.25) is 0 Å². The molecule has 0 spiro atoms. The van der Waals surface area contributed by atoms with E-state index in [0.29, 0.717) is 26.3 Å². The Morgan fingerprint density at radius 2 is 1.94 bits per heavy atom. The predicted molar refractivity (Wildman–Crippen MR) is 71.7 cm³/mol. The van der Waals surface area contributed by atoms with Gasteiger partial charge in [0.15, 0.2) is 0 Å². The molecule has 0 bridgehead atoms. The van der Waals surface area contributed by atoms with Crippen LogP contribution in [0.2, 0.25) is 0 Å². The molecule has 1 fully saturated rings. The quantitative estimate of drug-likeness (QED) is 0.745. The highest BCUT2D eigenvalue weighted by molar-refractivity contribution is 5.90. The summed E-state index contributed by atoms with van der Waals surface area (Å²) in [4.78, 5) is 13.8. The number of carbonyl (C=O) groups is 1. The number of nitrogens with zero attached hydrogens (tertiary/aromatic N) is 1. The number of rotatable bonds is 1. The number of benzene rings is 1. The van der Waals surface area contributed by atoms with Crippen molar-refractivity contribution in [2.45, 2.75) is 13.8 Å². The highest BCUT2D eigenvalue weighted by Gasteiger charge is 2.17. The van der Waals surface area contributed by atoms with Gasteiger partial charge in [0.05, 0.1) is 13.2 Å². The summed E-state index contributed by atoms with van der Waals surface area (Å²) >= 11 is 0. The predicted octanol–water partition coefficient (Wildman–Crippen LogP) is 1.75. The summed E-state index contributed by atoms with van der Waals surface area (Å²) in [6.45, 7) is 6.35. The SMILES string of the molecule is Cc1cc(NC(=O)N2CCOCC2)c(C)cc1N. The van der Waals surface area contributed by atoms with Crippen LogP contribution >= 0.6 is 0 Å². The Hall–Kier alpha value is -1.75. The molecule has 1 aliphatic heterocycles. The zero-order chi connectivity index (χ0) is 13.1. The van der Waals surface area contributed by atoms with E-state index in [4.69, 9.17) is 10.5 Å². The van der Waals surface area contributed by atoms with Gasteiger partial charge in [-0.2, -0.15) is 0 Å². The average Bonchev–Trinajstić information content (AvgIpc) is 2.37. The van der Waals surface area contributed by atoms with Crippen LogP contribution < -0.4 is 11.1 Å². The number of ether oxygens (including phenoxy) is 1. The molecule has 5 heteroatoms. The van der Waals surface area contributed by atoms with Gasteiger partial charge in [0.25, 0.3) is 0 Å². The molecule has 98 valence electrons. The first-order chi connectivity index (χ1) is 8.58. The summed E-state index contributed by atoms with van der Waals surface area (Å²) in [7, 11) is 0. The smallest absolute Gasteiger partial charge is 0.322 e. The number of aryl methyl sites for hydroxylation is 2. The summed E-state index contributed by atoms with van der Waals surface area (Å²) in [6, 6.07) is 3.71. The van der Waals surface area contributed by atoms with Gasteiger partial charge in [-0.25, -0.2) is 4.79 Å². The van der Waals surface area contributed by atoms with Crippen molar-refractivity contribution in [1.29, 1.82) is 0 Å². The zero-order valence-electron chi connectivity index (χ0n) is 10.8. The molecule has 2 amide bonds. The van der Waals surface area contributed by atoms with Crippen LogP contribution in [0.1, 0.15) is 11.1 Å². The molecule has 1 saturated heterocycles. The molecular formula is C13H19N3O2. The third kappa shape index (κ3) is 2.73. The van der Waals surface area contributed by atoms with Gasteiger partial charge < -0.3 is 20.7 Å². The number of hydrogen-bond acceptors (Lipinski definition) is 3. The lowest BCUT2D eigenvalue weighted by molar-refractivity contribution is 0.0564. The minimum absolute atomic E-state index is 0.0782. The second-order valence-corrected chi connectivity index (χ2v) is 4.55. The Kier molecular flexibility index (Phi) is 3.72. The summed E-state index contributed by atoms with van der Waals surface area (Å²) in [5.41, 5.74) is 9.33. The molecule has 0 radical (unpaired) electrons. The molecule has 2 rings (SSSR count).